The Morgan fingerprint density at radius 3 is 1.86 bits per heavy atom. The molecule has 2 nitrogen and oxygen atoms in total. The highest BCUT2D eigenvalue weighted by Gasteiger charge is 2.07. The van der Waals surface area contributed by atoms with Gasteiger partial charge in [-0.15, -0.1) is 11.6 Å². The van der Waals surface area contributed by atoms with Crippen LogP contribution in [0.1, 0.15) is 26.3 Å². The van der Waals surface area contributed by atoms with Crippen molar-refractivity contribution in [3.8, 4) is 11.1 Å². The third kappa shape index (κ3) is 6.96. The molecule has 0 unspecified atom stereocenters. The molecule has 2 aromatic carbocycles. The molecule has 112 valence electrons. The largest absolute Gasteiger partial charge is 0.462 e. The number of alkyl halides is 1. The maximum atomic E-state index is 9.60. The van der Waals surface area contributed by atoms with Crippen molar-refractivity contribution in [2.75, 3.05) is 0 Å². The minimum absolute atomic E-state index is 0.318. The third-order valence-corrected chi connectivity index (χ3v) is 2.93. The number of carbonyl (C=O) groups excluding carboxylic acids is 1. The zero-order valence-electron chi connectivity index (χ0n) is 12.7. The van der Waals surface area contributed by atoms with Gasteiger partial charge in [-0.25, -0.2) is 0 Å². The van der Waals surface area contributed by atoms with Gasteiger partial charge in [0.1, 0.15) is 5.60 Å². The van der Waals surface area contributed by atoms with Crippen molar-refractivity contribution in [2.45, 2.75) is 32.3 Å². The smallest absolute Gasteiger partial charge is 0.293 e. The van der Waals surface area contributed by atoms with E-state index in [2.05, 4.69) is 41.1 Å². The molecule has 0 saturated heterocycles. The lowest BCUT2D eigenvalue weighted by atomic mass is 10.0. The van der Waals surface area contributed by atoms with Gasteiger partial charge in [0.15, 0.2) is 0 Å². The Morgan fingerprint density at radius 2 is 1.48 bits per heavy atom. The Hall–Kier alpha value is -1.80. The van der Waals surface area contributed by atoms with E-state index in [9.17, 15) is 4.79 Å². The zero-order chi connectivity index (χ0) is 15.7. The summed E-state index contributed by atoms with van der Waals surface area (Å²) in [5, 5.41) is 0. The monoisotopic (exact) mass is 304 g/mol. The van der Waals surface area contributed by atoms with Crippen molar-refractivity contribution in [3.05, 3.63) is 60.2 Å². The number of ether oxygens (including phenoxy) is 1. The molecule has 3 heteroatoms. The summed E-state index contributed by atoms with van der Waals surface area (Å²) in [7, 11) is 0. The van der Waals surface area contributed by atoms with Crippen LogP contribution in [0.3, 0.4) is 0 Å². The van der Waals surface area contributed by atoms with E-state index < -0.39 is 0 Å². The summed E-state index contributed by atoms with van der Waals surface area (Å²) in [6.07, 6.45) is 0. The van der Waals surface area contributed by atoms with Crippen LogP contribution >= 0.6 is 11.6 Å². The molecular formula is C18H21ClO2. The molecule has 0 aliphatic rings. The molecule has 0 atom stereocenters. The zero-order valence-corrected chi connectivity index (χ0v) is 13.4. The van der Waals surface area contributed by atoms with Gasteiger partial charge in [0, 0.05) is 5.88 Å². The van der Waals surface area contributed by atoms with E-state index in [0.717, 1.165) is 5.56 Å². The molecule has 0 aliphatic carbocycles. The van der Waals surface area contributed by atoms with Gasteiger partial charge in [-0.05, 0) is 37.5 Å². The Bertz CT molecular complexity index is 527. The number of halogens is 1. The van der Waals surface area contributed by atoms with Crippen LogP contribution in [0.2, 0.25) is 0 Å². The van der Waals surface area contributed by atoms with Gasteiger partial charge in [0.2, 0.25) is 0 Å². The van der Waals surface area contributed by atoms with Crippen LogP contribution in [0.4, 0.5) is 0 Å². The number of benzene rings is 2. The summed E-state index contributed by atoms with van der Waals surface area (Å²) in [6, 6.07) is 18.7. The molecule has 21 heavy (non-hydrogen) atoms. The number of hydrogen-bond donors (Lipinski definition) is 0. The molecule has 0 aromatic heterocycles. The van der Waals surface area contributed by atoms with Crippen LogP contribution in [-0.2, 0) is 15.4 Å². The minimum Gasteiger partial charge on any atom is -0.462 e. The van der Waals surface area contributed by atoms with Crippen molar-refractivity contribution in [1.29, 1.82) is 0 Å². The normalized spacial score (nSPS) is 10.3. The van der Waals surface area contributed by atoms with Gasteiger partial charge in [0.25, 0.3) is 6.47 Å². The van der Waals surface area contributed by atoms with Crippen LogP contribution < -0.4 is 0 Å². The van der Waals surface area contributed by atoms with Crippen LogP contribution in [0.25, 0.3) is 11.1 Å². The second-order valence-electron chi connectivity index (χ2n) is 5.52. The van der Waals surface area contributed by atoms with E-state index in [0.29, 0.717) is 12.4 Å². The van der Waals surface area contributed by atoms with E-state index in [4.69, 9.17) is 11.6 Å². The van der Waals surface area contributed by atoms with E-state index in [1.807, 2.05) is 39.0 Å². The standard InChI is InChI=1S/C13H11Cl.C5H10O2/c14-10-11-6-8-13(9-7-11)12-4-2-1-3-5-12;1-5(2,3)7-4-6/h1-9H,10H2;4H,1-3H3. The molecule has 0 spiro atoms. The molecule has 0 saturated carbocycles. The highest BCUT2D eigenvalue weighted by Crippen LogP contribution is 2.19. The summed E-state index contributed by atoms with van der Waals surface area (Å²) in [4.78, 5) is 9.60. The average Bonchev–Trinajstić information content (AvgIpc) is 2.48. The van der Waals surface area contributed by atoms with Gasteiger partial charge in [-0.3, -0.25) is 4.79 Å². The fourth-order valence-corrected chi connectivity index (χ4v) is 1.74. The summed E-state index contributed by atoms with van der Waals surface area (Å²) in [6.45, 7) is 5.92. The maximum Gasteiger partial charge on any atom is 0.293 e. The highest BCUT2D eigenvalue weighted by atomic mass is 35.5. The molecule has 0 radical (unpaired) electrons. The van der Waals surface area contributed by atoms with Crippen molar-refractivity contribution < 1.29 is 9.53 Å². The van der Waals surface area contributed by atoms with Gasteiger partial charge in [-0.1, -0.05) is 54.6 Å². The number of carbonyl (C=O) groups is 1. The van der Waals surface area contributed by atoms with E-state index >= 15 is 0 Å². The Morgan fingerprint density at radius 1 is 0.952 bits per heavy atom. The summed E-state index contributed by atoms with van der Waals surface area (Å²) in [5.41, 5.74) is 3.32. The topological polar surface area (TPSA) is 26.3 Å². The molecule has 0 bridgehead atoms. The Labute approximate surface area is 131 Å². The average molecular weight is 305 g/mol. The Kier molecular flexibility index (Phi) is 6.97. The third-order valence-electron chi connectivity index (χ3n) is 2.62. The first kappa shape index (κ1) is 17.3. The second-order valence-corrected chi connectivity index (χ2v) is 5.79. The van der Waals surface area contributed by atoms with Crippen LogP contribution in [0.15, 0.2) is 54.6 Å². The molecule has 0 aliphatic heterocycles. The number of rotatable bonds is 3. The van der Waals surface area contributed by atoms with Crippen molar-refractivity contribution in [3.63, 3.8) is 0 Å². The van der Waals surface area contributed by atoms with Crippen LogP contribution in [0, 0.1) is 0 Å². The second kappa shape index (κ2) is 8.48. The Balaban J connectivity index is 0.000000270. The lowest BCUT2D eigenvalue weighted by molar-refractivity contribution is -0.138. The summed E-state index contributed by atoms with van der Waals surface area (Å²) in [5.74, 6) is 0.578. The summed E-state index contributed by atoms with van der Waals surface area (Å²) >= 11 is 5.73. The molecule has 0 fully saturated rings. The molecule has 2 aromatic rings. The van der Waals surface area contributed by atoms with Gasteiger partial charge >= 0.3 is 0 Å². The van der Waals surface area contributed by atoms with Gasteiger partial charge < -0.3 is 4.74 Å². The molecular weight excluding hydrogens is 284 g/mol. The van der Waals surface area contributed by atoms with Gasteiger partial charge in [-0.2, -0.15) is 0 Å². The lowest BCUT2D eigenvalue weighted by Crippen LogP contribution is -2.17. The van der Waals surface area contributed by atoms with Crippen molar-refractivity contribution in [2.24, 2.45) is 0 Å². The highest BCUT2D eigenvalue weighted by molar-refractivity contribution is 6.17. The predicted octanol–water partition coefficient (Wildman–Crippen LogP) is 5.05. The fraction of sp³-hybridized carbons (Fsp3) is 0.278. The van der Waals surface area contributed by atoms with E-state index in [1.165, 1.54) is 11.1 Å². The van der Waals surface area contributed by atoms with Crippen LogP contribution in [0.5, 0.6) is 0 Å². The SMILES string of the molecule is CC(C)(C)OC=O.ClCc1ccc(-c2ccccc2)cc1. The van der Waals surface area contributed by atoms with Gasteiger partial charge in [0.05, 0.1) is 0 Å². The maximum absolute atomic E-state index is 9.60. The van der Waals surface area contributed by atoms with Crippen LogP contribution in [-0.4, -0.2) is 12.1 Å². The van der Waals surface area contributed by atoms with Crippen molar-refractivity contribution >= 4 is 18.1 Å². The molecule has 0 amide bonds. The molecule has 2 rings (SSSR count). The first-order chi connectivity index (χ1) is 9.96. The first-order valence-electron chi connectivity index (χ1n) is 6.78. The predicted molar refractivity (Wildman–Crippen MR) is 88.3 cm³/mol. The van der Waals surface area contributed by atoms with Crippen molar-refractivity contribution in [1.82, 2.24) is 0 Å². The van der Waals surface area contributed by atoms with E-state index in [1.54, 1.807) is 0 Å². The lowest BCUT2D eigenvalue weighted by Gasteiger charge is -2.14. The molecule has 0 heterocycles. The van der Waals surface area contributed by atoms with E-state index in [-0.39, 0.29) is 5.60 Å². The number of hydrogen-bond acceptors (Lipinski definition) is 2. The molecule has 0 N–H and O–H groups in total. The quantitative estimate of drug-likeness (QED) is 0.586. The minimum atomic E-state index is -0.318. The fourth-order valence-electron chi connectivity index (χ4n) is 1.56. The summed E-state index contributed by atoms with van der Waals surface area (Å²) < 4.78 is 4.55. The first-order valence-corrected chi connectivity index (χ1v) is 7.31.